The van der Waals surface area contributed by atoms with Crippen molar-refractivity contribution in [3.63, 3.8) is 0 Å². The number of pyridine rings is 1. The average molecular weight is 333 g/mol. The number of fused-ring (bicyclic) bond motifs is 2. The molecule has 0 fully saturated rings. The molecule has 0 spiro atoms. The van der Waals surface area contributed by atoms with Gasteiger partial charge in [0, 0.05) is 30.4 Å². The predicted octanol–water partition coefficient (Wildman–Crippen LogP) is 2.40. The zero-order valence-electron chi connectivity index (χ0n) is 14.0. The molecule has 3 heterocycles. The van der Waals surface area contributed by atoms with Crippen molar-refractivity contribution in [3.05, 3.63) is 77.1 Å². The first-order chi connectivity index (χ1) is 12.2. The molecular formula is C19H19N5O. The Morgan fingerprint density at radius 3 is 2.88 bits per heavy atom. The summed E-state index contributed by atoms with van der Waals surface area (Å²) in [5.74, 6) is 0. The van der Waals surface area contributed by atoms with Gasteiger partial charge in [0.1, 0.15) is 5.65 Å². The van der Waals surface area contributed by atoms with Crippen molar-refractivity contribution in [2.75, 3.05) is 6.54 Å². The summed E-state index contributed by atoms with van der Waals surface area (Å²) in [5, 5.41) is 9.23. The number of nitrogens with one attached hydrogen (secondary N) is 1. The number of aromatic nitrogens is 4. The largest absolute Gasteiger partial charge is 0.307 e. The van der Waals surface area contributed by atoms with Crippen molar-refractivity contribution in [1.82, 2.24) is 24.5 Å². The number of hydrogen-bond donors (Lipinski definition) is 1. The molecule has 0 radical (unpaired) electrons. The Labute approximate surface area is 144 Å². The van der Waals surface area contributed by atoms with E-state index < -0.39 is 0 Å². The first kappa shape index (κ1) is 15.5. The highest BCUT2D eigenvalue weighted by molar-refractivity contribution is 5.80. The molecule has 0 aliphatic heterocycles. The van der Waals surface area contributed by atoms with Crippen LogP contribution in [-0.2, 0) is 6.54 Å². The summed E-state index contributed by atoms with van der Waals surface area (Å²) in [7, 11) is 0. The quantitative estimate of drug-likeness (QED) is 0.609. The van der Waals surface area contributed by atoms with Crippen LogP contribution in [0.25, 0.3) is 16.4 Å². The smallest absolute Gasteiger partial charge is 0.274 e. The highest BCUT2D eigenvalue weighted by Gasteiger charge is 2.10. The van der Waals surface area contributed by atoms with E-state index in [0.29, 0.717) is 18.5 Å². The Hall–Kier alpha value is -2.99. The van der Waals surface area contributed by atoms with Gasteiger partial charge < -0.3 is 9.72 Å². The molecule has 1 N–H and O–H groups in total. The first-order valence-corrected chi connectivity index (χ1v) is 8.34. The normalized spacial score (nSPS) is 12.7. The van der Waals surface area contributed by atoms with Gasteiger partial charge in [0.25, 0.3) is 5.56 Å². The van der Waals surface area contributed by atoms with Gasteiger partial charge in [-0.25, -0.2) is 9.67 Å². The highest BCUT2D eigenvalue weighted by atomic mass is 16.1. The minimum Gasteiger partial charge on any atom is -0.307 e. The van der Waals surface area contributed by atoms with Crippen molar-refractivity contribution >= 4 is 16.4 Å². The van der Waals surface area contributed by atoms with E-state index >= 15 is 0 Å². The van der Waals surface area contributed by atoms with Crippen molar-refractivity contribution in [3.8, 4) is 0 Å². The lowest BCUT2D eigenvalue weighted by atomic mass is 10.2. The summed E-state index contributed by atoms with van der Waals surface area (Å²) in [4.78, 5) is 17.1. The first-order valence-electron chi connectivity index (χ1n) is 8.34. The molecular weight excluding hydrogens is 314 g/mol. The predicted molar refractivity (Wildman–Crippen MR) is 97.6 cm³/mol. The zero-order valence-corrected chi connectivity index (χ0v) is 14.0. The molecule has 25 heavy (non-hydrogen) atoms. The van der Waals surface area contributed by atoms with E-state index in [4.69, 9.17) is 0 Å². The number of benzene rings is 1. The van der Waals surface area contributed by atoms with Gasteiger partial charge in [-0.1, -0.05) is 24.3 Å². The van der Waals surface area contributed by atoms with Gasteiger partial charge in [0.05, 0.1) is 23.8 Å². The molecule has 0 amide bonds. The summed E-state index contributed by atoms with van der Waals surface area (Å²) in [6.07, 6.45) is 5.74. The Balaban J connectivity index is 1.45. The van der Waals surface area contributed by atoms with Crippen molar-refractivity contribution < 1.29 is 0 Å². The second kappa shape index (κ2) is 6.49. The fourth-order valence-corrected chi connectivity index (χ4v) is 2.94. The van der Waals surface area contributed by atoms with Crippen LogP contribution in [0.4, 0.5) is 0 Å². The monoisotopic (exact) mass is 333 g/mol. The molecule has 3 aromatic heterocycles. The van der Waals surface area contributed by atoms with Crippen LogP contribution in [0, 0.1) is 0 Å². The second-order valence-corrected chi connectivity index (χ2v) is 6.07. The molecule has 4 rings (SSSR count). The van der Waals surface area contributed by atoms with Crippen LogP contribution >= 0.6 is 0 Å². The second-order valence-electron chi connectivity index (χ2n) is 6.07. The number of hydrogen-bond acceptors (Lipinski definition) is 4. The van der Waals surface area contributed by atoms with Crippen molar-refractivity contribution in [1.29, 1.82) is 0 Å². The van der Waals surface area contributed by atoms with Crippen molar-refractivity contribution in [2.24, 2.45) is 0 Å². The van der Waals surface area contributed by atoms with Gasteiger partial charge in [-0.05, 0) is 25.1 Å². The van der Waals surface area contributed by atoms with Crippen LogP contribution < -0.4 is 10.9 Å². The van der Waals surface area contributed by atoms with Gasteiger partial charge in [-0.3, -0.25) is 4.79 Å². The van der Waals surface area contributed by atoms with E-state index in [1.807, 2.05) is 59.3 Å². The molecule has 0 aliphatic rings. The summed E-state index contributed by atoms with van der Waals surface area (Å²) in [6, 6.07) is 13.5. The van der Waals surface area contributed by atoms with E-state index in [1.165, 1.54) is 4.68 Å². The maximum atomic E-state index is 12.4. The standard InChI is InChI=1S/C19H19N5O/c1-14(17-13-23-10-5-4-8-18(23)22-17)20-9-11-24-19(25)16-7-3-2-6-15(16)12-21-24/h2-8,10,12-14,20H,9,11H2,1H3. The summed E-state index contributed by atoms with van der Waals surface area (Å²) in [5.41, 5.74) is 1.85. The number of nitrogens with zero attached hydrogens (tertiary/aromatic N) is 4. The third-order valence-corrected chi connectivity index (χ3v) is 4.36. The van der Waals surface area contributed by atoms with E-state index in [9.17, 15) is 4.79 Å². The summed E-state index contributed by atoms with van der Waals surface area (Å²) < 4.78 is 3.51. The molecule has 1 aromatic carbocycles. The van der Waals surface area contributed by atoms with Crippen LogP contribution in [0.15, 0.2) is 65.8 Å². The van der Waals surface area contributed by atoms with Crippen LogP contribution in [0.3, 0.4) is 0 Å². The molecule has 126 valence electrons. The van der Waals surface area contributed by atoms with Gasteiger partial charge >= 0.3 is 0 Å². The molecule has 6 heteroatoms. The van der Waals surface area contributed by atoms with E-state index in [1.54, 1.807) is 6.20 Å². The summed E-state index contributed by atoms with van der Waals surface area (Å²) >= 11 is 0. The molecule has 0 saturated carbocycles. The maximum absolute atomic E-state index is 12.4. The Morgan fingerprint density at radius 1 is 1.16 bits per heavy atom. The van der Waals surface area contributed by atoms with Gasteiger partial charge in [-0.15, -0.1) is 0 Å². The topological polar surface area (TPSA) is 64.2 Å². The zero-order chi connectivity index (χ0) is 17.2. The molecule has 1 unspecified atom stereocenters. The lowest BCUT2D eigenvalue weighted by molar-refractivity contribution is 0.491. The Bertz CT molecular complexity index is 1050. The van der Waals surface area contributed by atoms with E-state index in [-0.39, 0.29) is 11.6 Å². The van der Waals surface area contributed by atoms with Crippen molar-refractivity contribution in [2.45, 2.75) is 19.5 Å². The van der Waals surface area contributed by atoms with Crippen LogP contribution in [0.5, 0.6) is 0 Å². The lowest BCUT2D eigenvalue weighted by Crippen LogP contribution is -2.30. The number of imidazole rings is 1. The number of rotatable bonds is 5. The molecule has 0 aliphatic carbocycles. The van der Waals surface area contributed by atoms with Crippen LogP contribution in [0.1, 0.15) is 18.7 Å². The lowest BCUT2D eigenvalue weighted by Gasteiger charge is -2.12. The Morgan fingerprint density at radius 2 is 2.00 bits per heavy atom. The molecule has 4 aromatic rings. The summed E-state index contributed by atoms with van der Waals surface area (Å²) in [6.45, 7) is 3.22. The van der Waals surface area contributed by atoms with E-state index in [0.717, 1.165) is 16.7 Å². The Kier molecular flexibility index (Phi) is 4.03. The molecule has 6 nitrogen and oxygen atoms in total. The average Bonchev–Trinajstić information content (AvgIpc) is 3.08. The highest BCUT2D eigenvalue weighted by Crippen LogP contribution is 2.12. The maximum Gasteiger partial charge on any atom is 0.274 e. The fourth-order valence-electron chi connectivity index (χ4n) is 2.94. The van der Waals surface area contributed by atoms with Gasteiger partial charge in [-0.2, -0.15) is 5.10 Å². The minimum absolute atomic E-state index is 0.0553. The van der Waals surface area contributed by atoms with Gasteiger partial charge in [0.2, 0.25) is 0 Å². The molecule has 0 saturated heterocycles. The van der Waals surface area contributed by atoms with E-state index in [2.05, 4.69) is 22.3 Å². The van der Waals surface area contributed by atoms with Gasteiger partial charge in [0.15, 0.2) is 0 Å². The SMILES string of the molecule is CC(NCCn1ncc2ccccc2c1=O)c1cn2ccccc2n1. The van der Waals surface area contributed by atoms with Crippen LogP contribution in [0.2, 0.25) is 0 Å². The third kappa shape index (κ3) is 3.04. The molecule has 1 atom stereocenters. The fraction of sp³-hybridized carbons (Fsp3) is 0.211. The van der Waals surface area contributed by atoms with Crippen LogP contribution in [-0.4, -0.2) is 25.7 Å². The third-order valence-electron chi connectivity index (χ3n) is 4.36. The molecule has 0 bridgehead atoms. The minimum atomic E-state index is -0.0553.